The molecule has 1 rings (SSSR count). The number of carboxylic acids is 1. The van der Waals surface area contributed by atoms with Crippen molar-refractivity contribution in [3.63, 3.8) is 0 Å². The average molecular weight is 711 g/mol. The van der Waals surface area contributed by atoms with Crippen LogP contribution in [0.2, 0.25) is 0 Å². The van der Waals surface area contributed by atoms with E-state index in [1.165, 1.54) is 18.5 Å². The molecule has 0 aliphatic carbocycles. The zero-order chi connectivity index (χ0) is 25.1. The molecule has 0 fully saturated rings. The fourth-order valence-electron chi connectivity index (χ4n) is 2.77. The fourth-order valence-corrected chi connectivity index (χ4v) is 2.77. The second-order valence-electron chi connectivity index (χ2n) is 8.44. The van der Waals surface area contributed by atoms with E-state index in [2.05, 4.69) is 10.6 Å². The molecule has 0 saturated carbocycles. The molecule has 0 spiro atoms. The summed E-state index contributed by atoms with van der Waals surface area (Å²) in [6, 6.07) is 3.51. The number of amides is 3. The molecule has 9 nitrogen and oxygen atoms in total. The summed E-state index contributed by atoms with van der Waals surface area (Å²) < 4.78 is 13.9. The summed E-state index contributed by atoms with van der Waals surface area (Å²) in [5.74, 6) is -2.21. The molecule has 11 heteroatoms. The van der Waals surface area contributed by atoms with Gasteiger partial charge in [-0.2, -0.15) is 6.41 Å². The molecule has 0 aliphatic heterocycles. The third-order valence-corrected chi connectivity index (χ3v) is 4.67. The van der Waals surface area contributed by atoms with Gasteiger partial charge in [-0.1, -0.05) is 26.8 Å². The van der Waals surface area contributed by atoms with Gasteiger partial charge in [-0.15, -0.1) is 0 Å². The van der Waals surface area contributed by atoms with Gasteiger partial charge in [0.1, 0.15) is 5.82 Å². The van der Waals surface area contributed by atoms with Gasteiger partial charge < -0.3 is 32.0 Å². The number of rotatable bonds is 11. The minimum absolute atomic E-state index is 0. The number of carbonyl (C=O) groups excluding carboxylic acids is 3. The van der Waals surface area contributed by atoms with Gasteiger partial charge >= 0.3 is 5.97 Å². The van der Waals surface area contributed by atoms with Crippen molar-refractivity contribution in [2.75, 3.05) is 5.32 Å². The normalized spacial score (nSPS) is 12.4. The molecule has 1 aromatic carbocycles. The Hall–Kier alpha value is -4.01. The Morgan fingerprint density at radius 2 is 1.82 bits per heavy atom. The number of carboxylic acid groups (broad SMARTS) is 1. The number of carbonyl (C=O) groups is 3. The Balaban J connectivity index is 0. The molecule has 1 aromatic rings. The summed E-state index contributed by atoms with van der Waals surface area (Å²) in [7, 11) is 0. The first kappa shape index (κ1) is 31.2. The summed E-state index contributed by atoms with van der Waals surface area (Å²) in [4.78, 5) is 42.6. The van der Waals surface area contributed by atoms with E-state index in [4.69, 9.17) is 16.6 Å². The number of anilines is 1. The maximum atomic E-state index is 13.9. The quantitative estimate of drug-likeness (QED) is 0.173. The summed E-state index contributed by atoms with van der Waals surface area (Å²) in [6.07, 6.45) is 2.36. The molecule has 192 valence electrons. The summed E-state index contributed by atoms with van der Waals surface area (Å²) in [6.45, 7) is 8.49. The maximum Gasteiger partial charge on any atom is 0.309 e. The second kappa shape index (κ2) is 14.1. The van der Waals surface area contributed by atoms with Gasteiger partial charge in [0.2, 0.25) is 11.8 Å². The molecule has 0 radical (unpaired) electrons. The van der Waals surface area contributed by atoms with Crippen molar-refractivity contribution < 1.29 is 28.7 Å². The maximum absolute atomic E-state index is 13.9. The van der Waals surface area contributed by atoms with E-state index in [1.54, 1.807) is 40.7 Å². The zero-order valence-electron chi connectivity index (χ0n) is 19.5. The van der Waals surface area contributed by atoms with Gasteiger partial charge in [0, 0.05) is 12.5 Å². The van der Waals surface area contributed by atoms with Crippen LogP contribution in [0, 0.1) is 17.2 Å². The molecule has 0 heterocycles. The van der Waals surface area contributed by atoms with Gasteiger partial charge in [0.15, 0.2) is 0 Å². The zero-order valence-corrected chi connectivity index (χ0v) is 21.9. The van der Waals surface area contributed by atoms with Crippen LogP contribution in [0.15, 0.2) is 18.2 Å². The summed E-state index contributed by atoms with van der Waals surface area (Å²) in [5.41, 5.74) is 10.8. The molecule has 2 atom stereocenters. The largest absolute Gasteiger partial charge is 0.520 e. The van der Waals surface area contributed by atoms with Crippen LogP contribution >= 0.6 is 0 Å². The van der Waals surface area contributed by atoms with Crippen molar-refractivity contribution in [2.24, 2.45) is 22.8 Å². The predicted octanol–water partition coefficient (Wildman–Crippen LogP) is 1.70. The van der Waals surface area contributed by atoms with Crippen LogP contribution in [0.5, 0.6) is 0 Å². The fraction of sp³-hybridized carbons (Fsp3) is 0.545. The number of primary amides is 1. The van der Waals surface area contributed by atoms with Gasteiger partial charge in [0.25, 0.3) is 0 Å². The smallest absolute Gasteiger partial charge is 0.309 e. The Morgan fingerprint density at radius 3 is 2.18 bits per heavy atom. The van der Waals surface area contributed by atoms with Crippen LogP contribution in [0.3, 0.4) is 0 Å². The van der Waals surface area contributed by atoms with Crippen LogP contribution in [0.1, 0.15) is 53.0 Å². The van der Waals surface area contributed by atoms with Crippen LogP contribution in [0.4, 0.5) is 10.1 Å². The van der Waals surface area contributed by atoms with Crippen molar-refractivity contribution >= 4 is 29.9 Å². The Bertz CT molecular complexity index is 805. The van der Waals surface area contributed by atoms with Gasteiger partial charge in [-0.05, 0) is 50.3 Å². The molecule has 7 N–H and O–H groups in total. The Morgan fingerprint density at radius 1 is 1.24 bits per heavy atom. The van der Waals surface area contributed by atoms with Crippen molar-refractivity contribution in [2.45, 2.75) is 66.0 Å². The number of aliphatic carboxylic acids is 1. The third kappa shape index (κ3) is 11.3. The first-order chi connectivity index (χ1) is 14.7. The number of hydrogen-bond donors (Lipinski definition) is 5. The SMILES string of the molecule is CC(C)C(N[C-]=O)C(N)=O.CCC(=O)Nc1ccc(CC(N)CC(C)(C)C(=O)O)cc1F.[Fm]. The average Bonchev–Trinajstić information content (AvgIpc) is 2.67. The predicted molar refractivity (Wildman–Crippen MR) is 120 cm³/mol. The monoisotopic (exact) mass is 710 g/mol. The van der Waals surface area contributed by atoms with Crippen LogP contribution in [-0.4, -0.2) is 41.4 Å². The van der Waals surface area contributed by atoms with E-state index in [0.29, 0.717) is 12.0 Å². The molecule has 33 heavy (non-hydrogen) atoms. The molecule has 3 amide bonds. The minimum atomic E-state index is -0.924. The van der Waals surface area contributed by atoms with E-state index in [1.807, 2.05) is 0 Å². The minimum Gasteiger partial charge on any atom is -0.520 e. The Kier molecular flexibility index (Phi) is 13.3. The topological polar surface area (TPSA) is 165 Å². The van der Waals surface area contributed by atoms with Gasteiger partial charge in [-0.3, -0.25) is 14.4 Å². The number of benzene rings is 1. The van der Waals surface area contributed by atoms with Crippen LogP contribution < -0.4 is 22.1 Å². The molecule has 0 bridgehead atoms. The van der Waals surface area contributed by atoms with E-state index in [9.17, 15) is 23.6 Å². The van der Waals surface area contributed by atoms with Crippen LogP contribution in [0.25, 0.3) is 0 Å². The third-order valence-electron chi connectivity index (χ3n) is 4.67. The summed E-state index contributed by atoms with van der Waals surface area (Å²) >= 11 is 0. The van der Waals surface area contributed by atoms with E-state index < -0.39 is 29.2 Å². The number of nitrogens with two attached hydrogens (primary N) is 2. The van der Waals surface area contributed by atoms with E-state index in [-0.39, 0.29) is 36.4 Å². The molecular weight excluding hydrogens is 676 g/mol. The van der Waals surface area contributed by atoms with Crippen molar-refractivity contribution in [1.82, 2.24) is 5.32 Å². The van der Waals surface area contributed by atoms with E-state index in [0.717, 1.165) is 0 Å². The van der Waals surface area contributed by atoms with Crippen LogP contribution in [-0.2, 0) is 25.6 Å². The van der Waals surface area contributed by atoms with Crippen molar-refractivity contribution in [3.05, 3.63) is 29.6 Å². The number of halogens is 1. The molecule has 0 aliphatic rings. The van der Waals surface area contributed by atoms with Gasteiger partial charge in [-0.25, -0.2) is 4.39 Å². The molecule has 0 saturated heterocycles. The summed E-state index contributed by atoms with van der Waals surface area (Å²) in [5, 5.41) is 13.8. The van der Waals surface area contributed by atoms with Gasteiger partial charge in [0.05, 0.1) is 17.1 Å². The van der Waals surface area contributed by atoms with Crippen molar-refractivity contribution in [3.8, 4) is 0 Å². The number of nitrogens with one attached hydrogen (secondary N) is 2. The first-order valence-electron chi connectivity index (χ1n) is 10.2. The second-order valence-corrected chi connectivity index (χ2v) is 8.44. The van der Waals surface area contributed by atoms with E-state index >= 15 is 0 Å². The number of hydrogen-bond acceptors (Lipinski definition) is 5. The Labute approximate surface area is 188 Å². The molecule has 2 unspecified atom stereocenters. The van der Waals surface area contributed by atoms with Crippen molar-refractivity contribution in [1.29, 1.82) is 0 Å². The molecule has 0 aromatic heterocycles. The standard InChI is InChI=1S/C16H23FN2O3.C6H11N2O2.Fm/c1-4-14(20)19-13-6-5-10(8-12(13)17)7-11(18)9-16(2,3)15(21)22;1-4(2)5(6(7)10)8-3-9;/h5-6,8,11H,4,7,9,18H2,1-3H3,(H,19,20)(H,21,22);4-5H,1-2H3,(H2,7,10)(H,8,9);/q;-1;. The first-order valence-corrected chi connectivity index (χ1v) is 10.2. The molecular formula is C22H34FFmN4O5-.